The van der Waals surface area contributed by atoms with Gasteiger partial charge in [0, 0.05) is 24.1 Å². The molecule has 1 saturated carbocycles. The van der Waals surface area contributed by atoms with E-state index in [0.29, 0.717) is 24.1 Å². The number of hydrogen-bond donors (Lipinski definition) is 0. The summed E-state index contributed by atoms with van der Waals surface area (Å²) in [6, 6.07) is 4.45. The summed E-state index contributed by atoms with van der Waals surface area (Å²) in [7, 11) is 0. The van der Waals surface area contributed by atoms with Gasteiger partial charge in [0.1, 0.15) is 11.4 Å². The van der Waals surface area contributed by atoms with E-state index in [1.165, 1.54) is 12.1 Å². The molecule has 5 nitrogen and oxygen atoms in total. The van der Waals surface area contributed by atoms with Crippen molar-refractivity contribution in [2.45, 2.75) is 44.8 Å². The van der Waals surface area contributed by atoms with Crippen LogP contribution in [0.4, 0.5) is 9.18 Å². The van der Waals surface area contributed by atoms with Crippen molar-refractivity contribution >= 4 is 27.9 Å². The molecule has 136 valence electrons. The normalized spacial score (nSPS) is 19.1. The van der Waals surface area contributed by atoms with Crippen LogP contribution in [-0.2, 0) is 4.74 Å². The maximum Gasteiger partial charge on any atom is 0.410 e. The molecule has 1 aromatic carbocycles. The molecule has 1 saturated heterocycles. The number of halogens is 2. The monoisotopic (exact) mass is 412 g/mol. The lowest BCUT2D eigenvalue weighted by Crippen LogP contribution is -2.58. The van der Waals surface area contributed by atoms with Crippen molar-refractivity contribution in [2.24, 2.45) is 0 Å². The first kappa shape index (κ1) is 18.2. The topological polar surface area (TPSA) is 49.9 Å². The minimum atomic E-state index is -0.554. The van der Waals surface area contributed by atoms with Crippen LogP contribution in [0.15, 0.2) is 22.7 Å². The van der Waals surface area contributed by atoms with Gasteiger partial charge in [0.25, 0.3) is 5.91 Å². The number of carbonyl (C=O) groups is 2. The Hall–Kier alpha value is -1.63. The summed E-state index contributed by atoms with van der Waals surface area (Å²) in [6.45, 7) is 6.69. The summed E-state index contributed by atoms with van der Waals surface area (Å²) in [6.07, 6.45) is 1.27. The lowest BCUT2D eigenvalue weighted by molar-refractivity contribution is 0.000517. The number of ether oxygens (including phenoxy) is 1. The van der Waals surface area contributed by atoms with Crippen molar-refractivity contribution in [2.75, 3.05) is 19.6 Å². The van der Waals surface area contributed by atoms with Crippen molar-refractivity contribution in [1.29, 1.82) is 0 Å². The smallest absolute Gasteiger partial charge is 0.410 e. The molecule has 3 rings (SSSR count). The van der Waals surface area contributed by atoms with Gasteiger partial charge in [-0.1, -0.05) is 15.9 Å². The number of rotatable bonds is 1. The summed E-state index contributed by atoms with van der Waals surface area (Å²) >= 11 is 3.20. The zero-order valence-electron chi connectivity index (χ0n) is 14.6. The number of hydrogen-bond acceptors (Lipinski definition) is 3. The third-order valence-electron chi connectivity index (χ3n) is 4.54. The van der Waals surface area contributed by atoms with Gasteiger partial charge in [0.15, 0.2) is 0 Å². The van der Waals surface area contributed by atoms with Crippen molar-refractivity contribution < 1.29 is 18.7 Å². The fourth-order valence-electron chi connectivity index (χ4n) is 3.16. The summed E-state index contributed by atoms with van der Waals surface area (Å²) in [5.41, 5.74) is -0.868. The Morgan fingerprint density at radius 1 is 1.24 bits per heavy atom. The van der Waals surface area contributed by atoms with Crippen LogP contribution < -0.4 is 0 Å². The van der Waals surface area contributed by atoms with Gasteiger partial charge in [-0.05, 0) is 51.8 Å². The number of nitrogens with zero attached hydrogens (tertiary/aromatic N) is 2. The average molecular weight is 413 g/mol. The van der Waals surface area contributed by atoms with Crippen LogP contribution in [0.5, 0.6) is 0 Å². The van der Waals surface area contributed by atoms with E-state index in [0.717, 1.165) is 12.8 Å². The van der Waals surface area contributed by atoms with Gasteiger partial charge in [-0.15, -0.1) is 0 Å². The van der Waals surface area contributed by atoms with Gasteiger partial charge < -0.3 is 14.5 Å². The average Bonchev–Trinajstić information content (AvgIpc) is 3.24. The van der Waals surface area contributed by atoms with Crippen LogP contribution in [0.1, 0.15) is 44.0 Å². The molecule has 1 aliphatic heterocycles. The fraction of sp³-hybridized carbons (Fsp3) is 0.556. The van der Waals surface area contributed by atoms with E-state index in [2.05, 4.69) is 15.9 Å². The van der Waals surface area contributed by atoms with Gasteiger partial charge in [0.05, 0.1) is 11.1 Å². The quantitative estimate of drug-likeness (QED) is 0.704. The van der Waals surface area contributed by atoms with Gasteiger partial charge >= 0.3 is 6.09 Å². The van der Waals surface area contributed by atoms with Crippen molar-refractivity contribution in [3.8, 4) is 0 Å². The van der Waals surface area contributed by atoms with Gasteiger partial charge in [-0.3, -0.25) is 4.79 Å². The molecule has 2 aliphatic rings. The highest BCUT2D eigenvalue weighted by Crippen LogP contribution is 2.45. The van der Waals surface area contributed by atoms with Crippen LogP contribution in [0.2, 0.25) is 0 Å². The second-order valence-corrected chi connectivity index (χ2v) is 8.62. The zero-order valence-corrected chi connectivity index (χ0v) is 16.2. The van der Waals surface area contributed by atoms with E-state index in [-0.39, 0.29) is 23.1 Å². The zero-order chi connectivity index (χ0) is 18.4. The molecule has 0 radical (unpaired) electrons. The Bertz CT molecular complexity index is 713. The second-order valence-electron chi connectivity index (χ2n) is 7.71. The highest BCUT2D eigenvalue weighted by atomic mass is 79.9. The third-order valence-corrected chi connectivity index (χ3v) is 5.03. The maximum atomic E-state index is 14.2. The second kappa shape index (κ2) is 6.27. The minimum Gasteiger partial charge on any atom is -0.444 e. The molecule has 0 unspecified atom stereocenters. The molecule has 1 aliphatic carbocycles. The number of piperazine rings is 1. The molecule has 25 heavy (non-hydrogen) atoms. The van der Waals surface area contributed by atoms with Gasteiger partial charge in [-0.25, -0.2) is 9.18 Å². The molecule has 0 bridgehead atoms. The number of benzene rings is 1. The first-order chi connectivity index (χ1) is 11.6. The Kier molecular flexibility index (Phi) is 4.56. The van der Waals surface area contributed by atoms with Crippen LogP contribution in [-0.4, -0.2) is 52.6 Å². The van der Waals surface area contributed by atoms with E-state index in [1.54, 1.807) is 15.9 Å². The standard InChI is InChI=1S/C18H22BrFN2O3/c1-17(2,3)25-16(24)21-8-9-22(18(11-21)6-7-18)15(23)13-5-4-12(19)10-14(13)20/h4-5,10H,6-9,11H2,1-3H3. The van der Waals surface area contributed by atoms with Crippen LogP contribution in [0.3, 0.4) is 0 Å². The summed E-state index contributed by atoms with van der Waals surface area (Å²) < 4.78 is 20.2. The lowest BCUT2D eigenvalue weighted by atomic mass is 10.1. The Labute approximate surface area is 155 Å². The van der Waals surface area contributed by atoms with E-state index in [9.17, 15) is 14.0 Å². The highest BCUT2D eigenvalue weighted by molar-refractivity contribution is 9.10. The third kappa shape index (κ3) is 3.81. The molecule has 7 heteroatoms. The molecule has 0 atom stereocenters. The molecule has 1 heterocycles. The molecule has 0 N–H and O–H groups in total. The van der Waals surface area contributed by atoms with E-state index >= 15 is 0 Å². The van der Waals surface area contributed by atoms with Crippen molar-refractivity contribution in [3.63, 3.8) is 0 Å². The Morgan fingerprint density at radius 3 is 2.48 bits per heavy atom. The summed E-state index contributed by atoms with van der Waals surface area (Å²) in [5.74, 6) is -0.851. The predicted molar refractivity (Wildman–Crippen MR) is 94.9 cm³/mol. The summed E-state index contributed by atoms with van der Waals surface area (Å²) in [5, 5.41) is 0. The van der Waals surface area contributed by atoms with Crippen molar-refractivity contribution in [1.82, 2.24) is 9.80 Å². The largest absolute Gasteiger partial charge is 0.444 e. The van der Waals surface area contributed by atoms with Gasteiger partial charge in [0.2, 0.25) is 0 Å². The highest BCUT2D eigenvalue weighted by Gasteiger charge is 2.54. The molecule has 1 aromatic rings. The first-order valence-corrected chi connectivity index (χ1v) is 9.16. The molecular formula is C18H22BrFN2O3. The SMILES string of the molecule is CC(C)(C)OC(=O)N1CCN(C(=O)c2ccc(Br)cc2F)C2(CC2)C1. The van der Waals surface area contributed by atoms with Gasteiger partial charge in [-0.2, -0.15) is 0 Å². The number of carbonyl (C=O) groups excluding carboxylic acids is 2. The Balaban J connectivity index is 1.74. The predicted octanol–water partition coefficient (Wildman–Crippen LogP) is 3.81. The maximum absolute atomic E-state index is 14.2. The Morgan fingerprint density at radius 2 is 1.92 bits per heavy atom. The van der Waals surface area contributed by atoms with E-state index in [4.69, 9.17) is 4.74 Å². The molecule has 1 spiro atoms. The summed E-state index contributed by atoms with van der Waals surface area (Å²) in [4.78, 5) is 28.5. The lowest BCUT2D eigenvalue weighted by Gasteiger charge is -2.42. The van der Waals surface area contributed by atoms with E-state index in [1.807, 2.05) is 20.8 Å². The minimum absolute atomic E-state index is 0.0696. The molecular weight excluding hydrogens is 391 g/mol. The van der Waals surface area contributed by atoms with Crippen LogP contribution in [0.25, 0.3) is 0 Å². The number of amides is 2. The first-order valence-electron chi connectivity index (χ1n) is 8.36. The fourth-order valence-corrected chi connectivity index (χ4v) is 3.49. The van der Waals surface area contributed by atoms with Crippen molar-refractivity contribution in [3.05, 3.63) is 34.1 Å². The molecule has 2 fully saturated rings. The molecule has 0 aromatic heterocycles. The van der Waals surface area contributed by atoms with Crippen LogP contribution >= 0.6 is 15.9 Å². The van der Waals surface area contributed by atoms with Crippen LogP contribution in [0, 0.1) is 5.82 Å². The van der Waals surface area contributed by atoms with E-state index < -0.39 is 11.4 Å². The molecule has 2 amide bonds.